The van der Waals surface area contributed by atoms with Gasteiger partial charge in [0, 0.05) is 19.0 Å². The van der Waals surface area contributed by atoms with E-state index >= 15 is 0 Å². The Kier molecular flexibility index (Phi) is 9.41. The van der Waals surface area contributed by atoms with Crippen LogP contribution in [0.4, 0.5) is 5.69 Å². The molecule has 1 aromatic carbocycles. The van der Waals surface area contributed by atoms with Crippen LogP contribution in [0.15, 0.2) is 24.3 Å². The Morgan fingerprint density at radius 2 is 1.81 bits per heavy atom. The van der Waals surface area contributed by atoms with E-state index in [1.165, 1.54) is 0 Å². The number of hydrogen-bond acceptors (Lipinski definition) is 3. The average Bonchev–Trinajstić information content (AvgIpc) is 2.46. The van der Waals surface area contributed by atoms with Crippen molar-refractivity contribution >= 4 is 29.9 Å². The first-order chi connectivity index (χ1) is 9.63. The fraction of sp³-hybridized carbons (Fsp3) is 0.467. The first-order valence-corrected chi connectivity index (χ1v) is 7.02. The largest absolute Gasteiger partial charge is 0.351 e. The summed E-state index contributed by atoms with van der Waals surface area (Å²) < 4.78 is 0. The number of benzene rings is 1. The number of halogens is 1. The van der Waals surface area contributed by atoms with Crippen LogP contribution in [0.1, 0.15) is 37.0 Å². The zero-order valence-electron chi connectivity index (χ0n) is 12.5. The lowest BCUT2D eigenvalue weighted by Gasteiger charge is -2.15. The number of hydrogen-bond donors (Lipinski definition) is 3. The molecule has 0 atom stereocenters. The summed E-state index contributed by atoms with van der Waals surface area (Å²) in [6.45, 7) is 4.75. The molecule has 0 aliphatic rings. The molecule has 1 rings (SSSR count). The summed E-state index contributed by atoms with van der Waals surface area (Å²) in [7, 11) is 0. The van der Waals surface area contributed by atoms with Crippen LogP contribution in [-0.2, 0) is 4.79 Å². The number of para-hydroxylation sites is 1. The van der Waals surface area contributed by atoms with Gasteiger partial charge in [-0.2, -0.15) is 0 Å². The molecule has 0 fully saturated rings. The molecule has 0 saturated heterocycles. The maximum absolute atomic E-state index is 12.1. The van der Waals surface area contributed by atoms with Crippen LogP contribution >= 0.6 is 12.4 Å². The second-order valence-electron chi connectivity index (χ2n) is 4.59. The Balaban J connectivity index is 0.00000400. The molecule has 4 N–H and O–H groups in total. The van der Waals surface area contributed by atoms with Gasteiger partial charge < -0.3 is 16.4 Å². The zero-order chi connectivity index (χ0) is 15.0. The van der Waals surface area contributed by atoms with Crippen LogP contribution < -0.4 is 16.4 Å². The molecule has 0 saturated carbocycles. The Morgan fingerprint density at radius 1 is 1.19 bits per heavy atom. The molecule has 0 aromatic heterocycles. The van der Waals surface area contributed by atoms with E-state index in [1.807, 2.05) is 13.8 Å². The highest BCUT2D eigenvalue weighted by molar-refractivity contribution is 6.04. The van der Waals surface area contributed by atoms with Gasteiger partial charge in [-0.15, -0.1) is 12.4 Å². The molecule has 2 amide bonds. The van der Waals surface area contributed by atoms with Crippen molar-refractivity contribution in [3.8, 4) is 0 Å². The van der Waals surface area contributed by atoms with Gasteiger partial charge in [-0.25, -0.2) is 0 Å². The Labute approximate surface area is 132 Å². The van der Waals surface area contributed by atoms with E-state index in [0.29, 0.717) is 24.3 Å². The first kappa shape index (κ1) is 19.4. The van der Waals surface area contributed by atoms with Crippen LogP contribution in [0.5, 0.6) is 0 Å². The van der Waals surface area contributed by atoms with Crippen molar-refractivity contribution in [2.45, 2.75) is 26.7 Å². The summed E-state index contributed by atoms with van der Waals surface area (Å²) in [4.78, 5) is 24.1. The van der Waals surface area contributed by atoms with Gasteiger partial charge in [0.1, 0.15) is 0 Å². The SMILES string of the molecule is CCC(CC)C(=O)Nc1ccccc1C(=O)NCCN.Cl. The monoisotopic (exact) mass is 313 g/mol. The summed E-state index contributed by atoms with van der Waals surface area (Å²) in [5, 5.41) is 5.54. The van der Waals surface area contributed by atoms with Crippen molar-refractivity contribution in [2.24, 2.45) is 11.7 Å². The second-order valence-corrected chi connectivity index (χ2v) is 4.59. The minimum absolute atomic E-state index is 0. The summed E-state index contributed by atoms with van der Waals surface area (Å²) in [5.41, 5.74) is 6.36. The van der Waals surface area contributed by atoms with Crippen LogP contribution in [0.25, 0.3) is 0 Å². The molecule has 21 heavy (non-hydrogen) atoms. The smallest absolute Gasteiger partial charge is 0.253 e. The molecule has 6 heteroatoms. The number of nitrogens with one attached hydrogen (secondary N) is 2. The molecule has 0 unspecified atom stereocenters. The van der Waals surface area contributed by atoms with Crippen LogP contribution in [0, 0.1) is 5.92 Å². The predicted octanol–water partition coefficient (Wildman–Crippen LogP) is 2.17. The number of carbonyl (C=O) groups excluding carboxylic acids is 2. The number of carbonyl (C=O) groups is 2. The summed E-state index contributed by atoms with van der Waals surface area (Å²) >= 11 is 0. The van der Waals surface area contributed by atoms with Gasteiger partial charge in [0.2, 0.25) is 5.91 Å². The van der Waals surface area contributed by atoms with E-state index in [1.54, 1.807) is 24.3 Å². The highest BCUT2D eigenvalue weighted by atomic mass is 35.5. The number of anilines is 1. The van der Waals surface area contributed by atoms with Gasteiger partial charge in [0.25, 0.3) is 5.91 Å². The lowest BCUT2D eigenvalue weighted by molar-refractivity contribution is -0.120. The molecule has 0 bridgehead atoms. The summed E-state index contributed by atoms with van der Waals surface area (Å²) in [5.74, 6) is -0.305. The standard InChI is InChI=1S/C15H23N3O2.ClH/c1-3-11(4-2)14(19)18-13-8-6-5-7-12(13)15(20)17-10-9-16;/h5-8,11H,3-4,9-10,16H2,1-2H3,(H,17,20)(H,18,19);1H. The quantitative estimate of drug-likeness (QED) is 0.721. The minimum atomic E-state index is -0.226. The van der Waals surface area contributed by atoms with E-state index in [4.69, 9.17) is 5.73 Å². The average molecular weight is 314 g/mol. The fourth-order valence-corrected chi connectivity index (χ4v) is 1.97. The topological polar surface area (TPSA) is 84.2 Å². The lowest BCUT2D eigenvalue weighted by Crippen LogP contribution is -2.30. The van der Waals surface area contributed by atoms with Crippen molar-refractivity contribution in [3.63, 3.8) is 0 Å². The molecular weight excluding hydrogens is 290 g/mol. The highest BCUT2D eigenvalue weighted by Crippen LogP contribution is 2.17. The third-order valence-electron chi connectivity index (χ3n) is 3.22. The molecule has 0 heterocycles. The maximum atomic E-state index is 12.1. The molecule has 0 radical (unpaired) electrons. The third kappa shape index (κ3) is 5.73. The van der Waals surface area contributed by atoms with Crippen molar-refractivity contribution in [1.29, 1.82) is 0 Å². The third-order valence-corrected chi connectivity index (χ3v) is 3.22. The van der Waals surface area contributed by atoms with E-state index in [9.17, 15) is 9.59 Å². The van der Waals surface area contributed by atoms with Gasteiger partial charge in [-0.1, -0.05) is 26.0 Å². The maximum Gasteiger partial charge on any atom is 0.253 e. The van der Waals surface area contributed by atoms with Gasteiger partial charge >= 0.3 is 0 Å². The van der Waals surface area contributed by atoms with E-state index in [0.717, 1.165) is 12.8 Å². The zero-order valence-corrected chi connectivity index (χ0v) is 13.3. The lowest BCUT2D eigenvalue weighted by atomic mass is 10.0. The molecule has 1 aromatic rings. The number of nitrogens with two attached hydrogens (primary N) is 1. The van der Waals surface area contributed by atoms with Gasteiger partial charge in [-0.3, -0.25) is 9.59 Å². The van der Waals surface area contributed by atoms with Crippen LogP contribution in [0.3, 0.4) is 0 Å². The van der Waals surface area contributed by atoms with Crippen LogP contribution in [-0.4, -0.2) is 24.9 Å². The summed E-state index contributed by atoms with van der Waals surface area (Å²) in [6, 6.07) is 6.98. The normalized spacial score (nSPS) is 9.90. The molecule has 5 nitrogen and oxygen atoms in total. The first-order valence-electron chi connectivity index (χ1n) is 7.02. The van der Waals surface area contributed by atoms with Gasteiger partial charge in [-0.05, 0) is 25.0 Å². The van der Waals surface area contributed by atoms with E-state index in [-0.39, 0.29) is 30.1 Å². The second kappa shape index (κ2) is 10.2. The number of amides is 2. The predicted molar refractivity (Wildman–Crippen MR) is 87.8 cm³/mol. The molecule has 0 aliphatic heterocycles. The van der Waals surface area contributed by atoms with Crippen molar-refractivity contribution < 1.29 is 9.59 Å². The molecule has 0 spiro atoms. The van der Waals surface area contributed by atoms with E-state index in [2.05, 4.69) is 10.6 Å². The molecular formula is C15H24ClN3O2. The van der Waals surface area contributed by atoms with Gasteiger partial charge in [0.15, 0.2) is 0 Å². The molecule has 0 aliphatic carbocycles. The van der Waals surface area contributed by atoms with Crippen molar-refractivity contribution in [2.75, 3.05) is 18.4 Å². The van der Waals surface area contributed by atoms with Crippen molar-refractivity contribution in [1.82, 2.24) is 5.32 Å². The fourth-order valence-electron chi connectivity index (χ4n) is 1.97. The summed E-state index contributed by atoms with van der Waals surface area (Å²) in [6.07, 6.45) is 1.56. The van der Waals surface area contributed by atoms with Crippen molar-refractivity contribution in [3.05, 3.63) is 29.8 Å². The van der Waals surface area contributed by atoms with E-state index < -0.39 is 0 Å². The van der Waals surface area contributed by atoms with Crippen LogP contribution in [0.2, 0.25) is 0 Å². The Hall–Kier alpha value is -1.59. The highest BCUT2D eigenvalue weighted by Gasteiger charge is 2.17. The Morgan fingerprint density at radius 3 is 2.38 bits per heavy atom. The molecule has 118 valence electrons. The number of rotatable bonds is 7. The van der Waals surface area contributed by atoms with Gasteiger partial charge in [0.05, 0.1) is 11.3 Å². The minimum Gasteiger partial charge on any atom is -0.351 e. The Bertz CT molecular complexity index is 462.